The average molecular weight is 238 g/mol. The van der Waals surface area contributed by atoms with Crippen molar-refractivity contribution in [2.75, 3.05) is 12.4 Å². The molecular formula is C11H18N4O2. The summed E-state index contributed by atoms with van der Waals surface area (Å²) >= 11 is 0. The lowest BCUT2D eigenvalue weighted by Gasteiger charge is -2.14. The number of anilines is 1. The molecule has 6 heteroatoms. The molecule has 17 heavy (non-hydrogen) atoms. The van der Waals surface area contributed by atoms with E-state index in [0.29, 0.717) is 11.6 Å². The highest BCUT2D eigenvalue weighted by Gasteiger charge is 2.18. The van der Waals surface area contributed by atoms with E-state index in [9.17, 15) is 4.79 Å². The Morgan fingerprint density at radius 2 is 2.12 bits per heavy atom. The largest absolute Gasteiger partial charge is 0.481 e. The third-order valence-electron chi connectivity index (χ3n) is 2.30. The van der Waals surface area contributed by atoms with E-state index in [4.69, 9.17) is 10.5 Å². The van der Waals surface area contributed by atoms with E-state index in [1.54, 1.807) is 13.0 Å². The summed E-state index contributed by atoms with van der Waals surface area (Å²) in [5.74, 6) is 0.378. The maximum Gasteiger partial charge on any atom is 0.243 e. The molecule has 0 spiro atoms. The van der Waals surface area contributed by atoms with Gasteiger partial charge in [0.1, 0.15) is 0 Å². The van der Waals surface area contributed by atoms with Gasteiger partial charge in [0.25, 0.3) is 0 Å². The highest BCUT2D eigenvalue weighted by Crippen LogP contribution is 2.11. The van der Waals surface area contributed by atoms with Gasteiger partial charge in [0.2, 0.25) is 17.7 Å². The minimum atomic E-state index is -0.579. The molecule has 1 atom stereocenters. The number of hydrogen-bond acceptors (Lipinski definition) is 5. The van der Waals surface area contributed by atoms with Gasteiger partial charge < -0.3 is 10.5 Å². The van der Waals surface area contributed by atoms with E-state index in [1.807, 2.05) is 13.8 Å². The molecule has 0 aromatic carbocycles. The van der Waals surface area contributed by atoms with Crippen molar-refractivity contribution >= 4 is 11.9 Å². The standard InChI is InChI=1S/C11H18N4O2/c1-6(2)9(12)10(16)15-11-13-7(3)5-8(14-11)17-4/h5-6,9H,12H2,1-4H3,(H,13,14,15,16)/t9-/m0/s1. The van der Waals surface area contributed by atoms with Gasteiger partial charge in [0.05, 0.1) is 13.2 Å². The first-order valence-electron chi connectivity index (χ1n) is 5.40. The number of ether oxygens (including phenoxy) is 1. The summed E-state index contributed by atoms with van der Waals surface area (Å²) in [4.78, 5) is 19.8. The molecule has 3 N–H and O–H groups in total. The van der Waals surface area contributed by atoms with Crippen molar-refractivity contribution in [3.05, 3.63) is 11.8 Å². The van der Waals surface area contributed by atoms with Crippen molar-refractivity contribution in [2.24, 2.45) is 11.7 Å². The summed E-state index contributed by atoms with van der Waals surface area (Å²) in [6, 6.07) is 1.10. The Morgan fingerprint density at radius 3 is 2.65 bits per heavy atom. The topological polar surface area (TPSA) is 90.1 Å². The molecule has 0 radical (unpaired) electrons. The monoisotopic (exact) mass is 238 g/mol. The van der Waals surface area contributed by atoms with Crippen LogP contribution in [0.4, 0.5) is 5.95 Å². The molecule has 6 nitrogen and oxygen atoms in total. The molecule has 1 rings (SSSR count). The van der Waals surface area contributed by atoms with Crippen molar-refractivity contribution < 1.29 is 9.53 Å². The van der Waals surface area contributed by atoms with Gasteiger partial charge in [-0.05, 0) is 12.8 Å². The van der Waals surface area contributed by atoms with Crippen molar-refractivity contribution in [3.8, 4) is 5.88 Å². The number of carbonyl (C=O) groups excluding carboxylic acids is 1. The predicted molar refractivity (Wildman–Crippen MR) is 64.8 cm³/mol. The number of aryl methyl sites for hydroxylation is 1. The second-order valence-electron chi connectivity index (χ2n) is 4.13. The number of amides is 1. The molecule has 0 fully saturated rings. The van der Waals surface area contributed by atoms with Gasteiger partial charge >= 0.3 is 0 Å². The molecule has 0 unspecified atom stereocenters. The highest BCUT2D eigenvalue weighted by molar-refractivity contribution is 5.93. The molecule has 94 valence electrons. The summed E-state index contributed by atoms with van der Waals surface area (Å²) in [5.41, 5.74) is 6.43. The number of nitrogens with one attached hydrogen (secondary N) is 1. The van der Waals surface area contributed by atoms with E-state index in [1.165, 1.54) is 7.11 Å². The third-order valence-corrected chi connectivity index (χ3v) is 2.30. The van der Waals surface area contributed by atoms with E-state index >= 15 is 0 Å². The zero-order chi connectivity index (χ0) is 13.0. The molecule has 1 aromatic heterocycles. The van der Waals surface area contributed by atoms with Gasteiger partial charge in [-0.15, -0.1) is 0 Å². The van der Waals surface area contributed by atoms with E-state index in [0.717, 1.165) is 0 Å². The van der Waals surface area contributed by atoms with Crippen LogP contribution in [-0.4, -0.2) is 29.0 Å². The van der Waals surface area contributed by atoms with Crippen molar-refractivity contribution in [1.82, 2.24) is 9.97 Å². The first-order chi connectivity index (χ1) is 7.93. The number of aromatic nitrogens is 2. The van der Waals surface area contributed by atoms with Crippen LogP contribution in [0.5, 0.6) is 5.88 Å². The number of rotatable bonds is 4. The molecule has 1 heterocycles. The molecule has 0 saturated heterocycles. The third kappa shape index (κ3) is 3.67. The zero-order valence-corrected chi connectivity index (χ0v) is 10.5. The zero-order valence-electron chi connectivity index (χ0n) is 10.5. The summed E-state index contributed by atoms with van der Waals surface area (Å²) < 4.78 is 4.99. The molecule has 1 amide bonds. The second kappa shape index (κ2) is 5.58. The van der Waals surface area contributed by atoms with Gasteiger partial charge in [-0.3, -0.25) is 10.1 Å². The predicted octanol–water partition coefficient (Wildman–Crippen LogP) is 0.715. The fraction of sp³-hybridized carbons (Fsp3) is 0.545. The Labute approximate surface area is 101 Å². The Kier molecular flexibility index (Phi) is 4.39. The maximum atomic E-state index is 11.7. The van der Waals surface area contributed by atoms with E-state index in [2.05, 4.69) is 15.3 Å². The minimum Gasteiger partial charge on any atom is -0.481 e. The quantitative estimate of drug-likeness (QED) is 0.806. The van der Waals surface area contributed by atoms with Crippen LogP contribution in [0.2, 0.25) is 0 Å². The normalized spacial score (nSPS) is 12.4. The fourth-order valence-corrected chi connectivity index (χ4v) is 1.20. The van der Waals surface area contributed by atoms with Crippen LogP contribution < -0.4 is 15.8 Å². The van der Waals surface area contributed by atoms with Crippen LogP contribution in [0, 0.1) is 12.8 Å². The SMILES string of the molecule is COc1cc(C)nc(NC(=O)[C@@H](N)C(C)C)n1. The highest BCUT2D eigenvalue weighted by atomic mass is 16.5. The van der Waals surface area contributed by atoms with Gasteiger partial charge in [0, 0.05) is 11.8 Å². The summed E-state index contributed by atoms with van der Waals surface area (Å²) in [7, 11) is 1.51. The second-order valence-corrected chi connectivity index (χ2v) is 4.13. The van der Waals surface area contributed by atoms with Gasteiger partial charge in [0.15, 0.2) is 0 Å². The van der Waals surface area contributed by atoms with Crippen LogP contribution in [-0.2, 0) is 4.79 Å². The number of hydrogen-bond donors (Lipinski definition) is 2. The van der Waals surface area contributed by atoms with Crippen molar-refractivity contribution in [3.63, 3.8) is 0 Å². The van der Waals surface area contributed by atoms with E-state index in [-0.39, 0.29) is 17.8 Å². The molecule has 0 aliphatic rings. The molecule has 0 aliphatic carbocycles. The van der Waals surface area contributed by atoms with Crippen LogP contribution in [0.1, 0.15) is 19.5 Å². The summed E-state index contributed by atoms with van der Waals surface area (Å²) in [6.07, 6.45) is 0. The van der Waals surface area contributed by atoms with Crippen LogP contribution in [0.3, 0.4) is 0 Å². The van der Waals surface area contributed by atoms with E-state index < -0.39 is 6.04 Å². The number of carbonyl (C=O) groups is 1. The first kappa shape index (κ1) is 13.4. The maximum absolute atomic E-state index is 11.7. The fourth-order valence-electron chi connectivity index (χ4n) is 1.20. The lowest BCUT2D eigenvalue weighted by Crippen LogP contribution is -2.40. The van der Waals surface area contributed by atoms with Gasteiger partial charge in [-0.25, -0.2) is 4.98 Å². The van der Waals surface area contributed by atoms with Gasteiger partial charge in [-0.1, -0.05) is 13.8 Å². The summed E-state index contributed by atoms with van der Waals surface area (Å²) in [6.45, 7) is 5.55. The van der Waals surface area contributed by atoms with Gasteiger partial charge in [-0.2, -0.15) is 4.98 Å². The van der Waals surface area contributed by atoms with Crippen LogP contribution in [0.25, 0.3) is 0 Å². The number of nitrogens with two attached hydrogens (primary N) is 1. The molecule has 1 aromatic rings. The number of methoxy groups -OCH3 is 1. The molecule has 0 aliphatic heterocycles. The molecule has 0 saturated carbocycles. The number of nitrogens with zero attached hydrogens (tertiary/aromatic N) is 2. The minimum absolute atomic E-state index is 0.0571. The van der Waals surface area contributed by atoms with Crippen molar-refractivity contribution in [1.29, 1.82) is 0 Å². The average Bonchev–Trinajstić information content (AvgIpc) is 2.26. The van der Waals surface area contributed by atoms with Crippen LogP contribution in [0.15, 0.2) is 6.07 Å². The van der Waals surface area contributed by atoms with Crippen molar-refractivity contribution in [2.45, 2.75) is 26.8 Å². The van der Waals surface area contributed by atoms with Crippen LogP contribution >= 0.6 is 0 Å². The summed E-state index contributed by atoms with van der Waals surface area (Å²) in [5, 5.41) is 2.57. The lowest BCUT2D eigenvalue weighted by atomic mass is 10.1. The molecular weight excluding hydrogens is 220 g/mol. The smallest absolute Gasteiger partial charge is 0.243 e. The Balaban J connectivity index is 2.81. The first-order valence-corrected chi connectivity index (χ1v) is 5.40. The Morgan fingerprint density at radius 1 is 1.47 bits per heavy atom. The Bertz CT molecular complexity index is 406. The Hall–Kier alpha value is -1.69. The lowest BCUT2D eigenvalue weighted by molar-refractivity contribution is -0.118. The molecule has 0 bridgehead atoms.